The molecule has 1 aliphatic heterocycles. The van der Waals surface area contributed by atoms with Gasteiger partial charge in [0.15, 0.2) is 5.16 Å². The summed E-state index contributed by atoms with van der Waals surface area (Å²) in [4.78, 5) is 9.95. The van der Waals surface area contributed by atoms with Crippen LogP contribution >= 0.6 is 11.6 Å². The summed E-state index contributed by atoms with van der Waals surface area (Å²) in [6.07, 6.45) is 2.36. The van der Waals surface area contributed by atoms with Crippen LogP contribution in [0.1, 0.15) is 18.4 Å². The number of fused-ring (bicyclic) bond motifs is 1. The summed E-state index contributed by atoms with van der Waals surface area (Å²) in [6.45, 7) is 2.04. The zero-order valence-corrected chi connectivity index (χ0v) is 16.1. The molecular formula is C19H20ClN3O2S. The van der Waals surface area contributed by atoms with Crippen LogP contribution in [-0.4, -0.2) is 34.4 Å². The number of ether oxygens (including phenoxy) is 1. The lowest BCUT2D eigenvalue weighted by atomic mass is 10.2. The molecule has 26 heavy (non-hydrogen) atoms. The number of rotatable bonds is 5. The molecule has 2 aromatic carbocycles. The Morgan fingerprint density at radius 3 is 2.85 bits per heavy atom. The van der Waals surface area contributed by atoms with Gasteiger partial charge in [-0.1, -0.05) is 17.7 Å². The summed E-state index contributed by atoms with van der Waals surface area (Å²) >= 11 is 6.45. The van der Waals surface area contributed by atoms with E-state index in [-0.39, 0.29) is 0 Å². The highest BCUT2D eigenvalue weighted by molar-refractivity contribution is 7.84. The van der Waals surface area contributed by atoms with Crippen LogP contribution in [0.2, 0.25) is 5.02 Å². The van der Waals surface area contributed by atoms with E-state index in [0.717, 1.165) is 41.1 Å². The van der Waals surface area contributed by atoms with Gasteiger partial charge >= 0.3 is 0 Å². The summed E-state index contributed by atoms with van der Waals surface area (Å²) < 4.78 is 18.2. The van der Waals surface area contributed by atoms with Crippen LogP contribution in [0.25, 0.3) is 11.0 Å². The number of anilines is 1. The molecule has 3 aromatic rings. The lowest BCUT2D eigenvalue weighted by Gasteiger charge is -2.22. The molecule has 0 saturated carbocycles. The molecular weight excluding hydrogens is 370 g/mol. The van der Waals surface area contributed by atoms with Crippen LogP contribution in [-0.2, 0) is 16.6 Å². The average Bonchev–Trinajstić information content (AvgIpc) is 3.32. The lowest BCUT2D eigenvalue weighted by molar-refractivity contribution is 0.415. The fraction of sp³-hybridized carbons (Fsp3) is 0.316. The highest BCUT2D eigenvalue weighted by atomic mass is 35.5. The van der Waals surface area contributed by atoms with E-state index in [2.05, 4.69) is 20.9 Å². The largest absolute Gasteiger partial charge is 0.497 e. The van der Waals surface area contributed by atoms with Gasteiger partial charge in [0.1, 0.15) is 5.75 Å². The molecule has 0 aliphatic carbocycles. The number of aromatic nitrogens is 2. The minimum atomic E-state index is -1.31. The summed E-state index contributed by atoms with van der Waals surface area (Å²) in [6, 6.07) is 11.4. The number of nitrogens with one attached hydrogen (secondary N) is 1. The first-order valence-corrected chi connectivity index (χ1v) is 10.3. The van der Waals surface area contributed by atoms with Crippen molar-refractivity contribution in [2.75, 3.05) is 25.1 Å². The Morgan fingerprint density at radius 2 is 2.08 bits per heavy atom. The van der Waals surface area contributed by atoms with E-state index in [1.54, 1.807) is 7.11 Å². The molecule has 1 unspecified atom stereocenters. The number of halogens is 1. The molecule has 1 aliphatic rings. The van der Waals surface area contributed by atoms with Crippen LogP contribution in [0.15, 0.2) is 41.6 Å². The maximum atomic E-state index is 13.0. The minimum Gasteiger partial charge on any atom is -0.497 e. The number of aromatic amines is 1. The SMILES string of the molecule is COc1ccc2nc(S(=O)Cc3c(Cl)cccc3N3CCCC3)[nH]c2c1. The predicted octanol–water partition coefficient (Wildman–Crippen LogP) is 4.13. The Kier molecular flexibility index (Phi) is 4.87. The average molecular weight is 390 g/mol. The standard InChI is InChI=1S/C19H20ClN3O2S/c1-25-13-7-8-16-17(11-13)22-19(21-16)26(24)12-14-15(20)5-4-6-18(14)23-9-2-3-10-23/h4-8,11H,2-3,9-10,12H2,1H3,(H,21,22). The molecule has 1 atom stereocenters. The Balaban J connectivity index is 1.64. The van der Waals surface area contributed by atoms with Gasteiger partial charge in [-0.05, 0) is 37.1 Å². The zero-order chi connectivity index (χ0) is 18.1. The molecule has 4 rings (SSSR count). The maximum Gasteiger partial charge on any atom is 0.197 e. The van der Waals surface area contributed by atoms with Crippen LogP contribution in [0, 0.1) is 0 Å². The number of hydrogen-bond donors (Lipinski definition) is 1. The molecule has 1 saturated heterocycles. The first-order chi connectivity index (χ1) is 12.7. The van der Waals surface area contributed by atoms with Crippen LogP contribution in [0.4, 0.5) is 5.69 Å². The second-order valence-electron chi connectivity index (χ2n) is 6.35. The second-order valence-corrected chi connectivity index (χ2v) is 8.12. The van der Waals surface area contributed by atoms with Gasteiger partial charge in [0, 0.05) is 35.4 Å². The topological polar surface area (TPSA) is 58.2 Å². The summed E-state index contributed by atoms with van der Waals surface area (Å²) in [5.74, 6) is 1.07. The highest BCUT2D eigenvalue weighted by Crippen LogP contribution is 2.32. The zero-order valence-electron chi connectivity index (χ0n) is 14.5. The van der Waals surface area contributed by atoms with Crippen molar-refractivity contribution in [2.24, 2.45) is 0 Å². The van der Waals surface area contributed by atoms with Crippen molar-refractivity contribution in [3.8, 4) is 5.75 Å². The summed E-state index contributed by atoms with van der Waals surface area (Å²) in [7, 11) is 0.304. The molecule has 1 aromatic heterocycles. The Labute approximate surface area is 159 Å². The van der Waals surface area contributed by atoms with E-state index in [1.807, 2.05) is 30.3 Å². The van der Waals surface area contributed by atoms with E-state index < -0.39 is 10.8 Å². The molecule has 136 valence electrons. The quantitative estimate of drug-likeness (QED) is 0.712. The maximum absolute atomic E-state index is 13.0. The second kappa shape index (κ2) is 7.29. The van der Waals surface area contributed by atoms with Gasteiger partial charge in [0.25, 0.3) is 0 Å². The van der Waals surface area contributed by atoms with Crippen molar-refractivity contribution >= 4 is 39.1 Å². The number of H-pyrrole nitrogens is 1. The number of hydrogen-bond acceptors (Lipinski definition) is 4. The third-order valence-corrected chi connectivity index (χ3v) is 6.23. The normalized spacial score (nSPS) is 15.5. The summed E-state index contributed by atoms with van der Waals surface area (Å²) in [5, 5.41) is 1.11. The van der Waals surface area contributed by atoms with Gasteiger partial charge in [0.2, 0.25) is 0 Å². The molecule has 5 nitrogen and oxygen atoms in total. The molecule has 0 amide bonds. The monoisotopic (exact) mass is 389 g/mol. The minimum absolute atomic E-state index is 0.336. The Bertz CT molecular complexity index is 967. The van der Waals surface area contributed by atoms with Gasteiger partial charge in [-0.25, -0.2) is 4.98 Å². The first kappa shape index (κ1) is 17.4. The van der Waals surface area contributed by atoms with Crippen LogP contribution in [0.5, 0.6) is 5.75 Å². The van der Waals surface area contributed by atoms with E-state index >= 15 is 0 Å². The van der Waals surface area contributed by atoms with Crippen molar-refractivity contribution in [1.29, 1.82) is 0 Å². The van der Waals surface area contributed by atoms with Gasteiger partial charge in [0.05, 0.1) is 34.7 Å². The third kappa shape index (κ3) is 3.31. The van der Waals surface area contributed by atoms with Crippen LogP contribution < -0.4 is 9.64 Å². The number of nitrogens with zero attached hydrogens (tertiary/aromatic N) is 2. The van der Waals surface area contributed by atoms with E-state index in [9.17, 15) is 4.21 Å². The molecule has 0 bridgehead atoms. The third-order valence-electron chi connectivity index (χ3n) is 4.70. The molecule has 2 heterocycles. The molecule has 1 N–H and O–H groups in total. The number of methoxy groups -OCH3 is 1. The number of benzene rings is 2. The molecule has 1 fully saturated rings. The van der Waals surface area contributed by atoms with Crippen molar-refractivity contribution < 1.29 is 8.95 Å². The fourth-order valence-corrected chi connectivity index (χ4v) is 4.79. The van der Waals surface area contributed by atoms with E-state index in [1.165, 1.54) is 12.8 Å². The highest BCUT2D eigenvalue weighted by Gasteiger charge is 2.20. The lowest BCUT2D eigenvalue weighted by Crippen LogP contribution is -2.20. The van der Waals surface area contributed by atoms with Gasteiger partial charge in [-0.2, -0.15) is 0 Å². The molecule has 0 radical (unpaired) electrons. The smallest absolute Gasteiger partial charge is 0.197 e. The van der Waals surface area contributed by atoms with Gasteiger partial charge in [-0.15, -0.1) is 0 Å². The van der Waals surface area contributed by atoms with E-state index in [4.69, 9.17) is 16.3 Å². The van der Waals surface area contributed by atoms with Gasteiger partial charge < -0.3 is 14.6 Å². The van der Waals surface area contributed by atoms with E-state index in [0.29, 0.717) is 15.9 Å². The van der Waals surface area contributed by atoms with Gasteiger partial charge in [-0.3, -0.25) is 4.21 Å². The summed E-state index contributed by atoms with van der Waals surface area (Å²) in [5.41, 5.74) is 3.59. The fourth-order valence-electron chi connectivity index (χ4n) is 3.34. The predicted molar refractivity (Wildman–Crippen MR) is 106 cm³/mol. The van der Waals surface area contributed by atoms with Crippen LogP contribution in [0.3, 0.4) is 0 Å². The van der Waals surface area contributed by atoms with Crippen molar-refractivity contribution in [3.05, 3.63) is 47.0 Å². The number of imidazole rings is 1. The first-order valence-electron chi connectivity index (χ1n) is 8.60. The van der Waals surface area contributed by atoms with Crippen molar-refractivity contribution in [1.82, 2.24) is 9.97 Å². The Morgan fingerprint density at radius 1 is 1.27 bits per heavy atom. The molecule has 0 spiro atoms. The van der Waals surface area contributed by atoms with Crippen molar-refractivity contribution in [3.63, 3.8) is 0 Å². The Hall–Kier alpha value is -2.05. The van der Waals surface area contributed by atoms with Crippen molar-refractivity contribution in [2.45, 2.75) is 23.8 Å². The molecule has 7 heteroatoms.